The van der Waals surface area contributed by atoms with Gasteiger partial charge in [-0.2, -0.15) is 0 Å². The maximum Gasteiger partial charge on any atom is 0.269 e. The molecule has 2 aliphatic heterocycles. The van der Waals surface area contributed by atoms with Crippen LogP contribution in [-0.4, -0.2) is 30.5 Å². The Balaban J connectivity index is 1.64. The minimum absolute atomic E-state index is 0.0561. The molecular formula is C26H26FN5O4. The maximum absolute atomic E-state index is 13.5. The number of anilines is 1. The van der Waals surface area contributed by atoms with Crippen LogP contribution in [0.25, 0.3) is 0 Å². The van der Waals surface area contributed by atoms with Crippen molar-refractivity contribution in [3.05, 3.63) is 89.2 Å². The van der Waals surface area contributed by atoms with Crippen LogP contribution in [0.15, 0.2) is 71.7 Å². The molecule has 0 saturated carbocycles. The summed E-state index contributed by atoms with van der Waals surface area (Å²) < 4.78 is 25.2. The lowest BCUT2D eigenvalue weighted by molar-refractivity contribution is -0.122. The van der Waals surface area contributed by atoms with Crippen LogP contribution in [0.5, 0.6) is 11.5 Å². The average molecular weight is 492 g/mol. The standard InChI is InChI=1S/C26H26FN5O4/c1-15(2)36-21-11-8-17-13-22(21)35-14-29-24(28)16-6-9-20(10-7-16)30-23(17)26(34)32-31-25(33)18-4-3-5-19(27)12-18/h3-13,15,23,30H,14H2,1-2H3,(H2,28,29)(H,31,33)(H,32,34). The highest BCUT2D eigenvalue weighted by atomic mass is 19.1. The molecule has 1 atom stereocenters. The molecule has 36 heavy (non-hydrogen) atoms. The van der Waals surface area contributed by atoms with E-state index in [0.29, 0.717) is 34.1 Å². The first-order valence-electron chi connectivity index (χ1n) is 11.3. The first kappa shape index (κ1) is 24.5. The second kappa shape index (κ2) is 10.8. The van der Waals surface area contributed by atoms with E-state index in [1.165, 1.54) is 18.2 Å². The molecule has 3 aromatic rings. The fourth-order valence-corrected chi connectivity index (χ4v) is 3.53. The molecule has 5 N–H and O–H groups in total. The first-order valence-corrected chi connectivity index (χ1v) is 11.3. The number of amidine groups is 1. The number of carbonyl (C=O) groups excluding carboxylic acids is 2. The van der Waals surface area contributed by atoms with Crippen molar-refractivity contribution in [2.24, 2.45) is 10.7 Å². The summed E-state index contributed by atoms with van der Waals surface area (Å²) in [5.41, 5.74) is 12.7. The molecule has 9 nitrogen and oxygen atoms in total. The van der Waals surface area contributed by atoms with Crippen molar-refractivity contribution in [1.82, 2.24) is 10.9 Å². The van der Waals surface area contributed by atoms with Crippen LogP contribution < -0.4 is 31.4 Å². The molecule has 186 valence electrons. The second-order valence-electron chi connectivity index (χ2n) is 8.30. The summed E-state index contributed by atoms with van der Waals surface area (Å²) in [7, 11) is 0. The molecule has 4 bridgehead atoms. The number of hydrazine groups is 1. The van der Waals surface area contributed by atoms with Crippen molar-refractivity contribution >= 4 is 23.3 Å². The monoisotopic (exact) mass is 491 g/mol. The Morgan fingerprint density at radius 3 is 2.61 bits per heavy atom. The number of amides is 2. The summed E-state index contributed by atoms with van der Waals surface area (Å²) in [6, 6.07) is 16.4. The van der Waals surface area contributed by atoms with E-state index in [4.69, 9.17) is 15.2 Å². The Labute approximate surface area is 207 Å². The molecule has 2 heterocycles. The van der Waals surface area contributed by atoms with Crippen molar-refractivity contribution in [2.45, 2.75) is 26.0 Å². The maximum atomic E-state index is 13.5. The van der Waals surface area contributed by atoms with Crippen LogP contribution in [0.4, 0.5) is 10.1 Å². The number of ether oxygens (including phenoxy) is 2. The second-order valence-corrected chi connectivity index (χ2v) is 8.30. The van der Waals surface area contributed by atoms with Gasteiger partial charge < -0.3 is 20.5 Å². The zero-order valence-electron chi connectivity index (χ0n) is 19.7. The van der Waals surface area contributed by atoms with Gasteiger partial charge in [-0.1, -0.05) is 12.1 Å². The molecule has 0 radical (unpaired) electrons. The van der Waals surface area contributed by atoms with E-state index in [1.807, 2.05) is 13.8 Å². The summed E-state index contributed by atoms with van der Waals surface area (Å²) >= 11 is 0. The number of hydrogen-bond donors (Lipinski definition) is 4. The van der Waals surface area contributed by atoms with Gasteiger partial charge in [-0.05, 0) is 74.0 Å². The molecule has 3 aromatic carbocycles. The van der Waals surface area contributed by atoms with E-state index in [1.54, 1.807) is 42.5 Å². The van der Waals surface area contributed by atoms with Gasteiger partial charge in [0.25, 0.3) is 11.8 Å². The number of aliphatic imine (C=N–C) groups is 1. The van der Waals surface area contributed by atoms with E-state index in [0.717, 1.165) is 6.07 Å². The molecule has 0 fully saturated rings. The van der Waals surface area contributed by atoms with Crippen LogP contribution in [0.1, 0.15) is 41.4 Å². The highest BCUT2D eigenvalue weighted by molar-refractivity contribution is 5.98. The number of nitrogens with two attached hydrogens (primary N) is 1. The lowest BCUT2D eigenvalue weighted by Gasteiger charge is -2.22. The average Bonchev–Trinajstić information content (AvgIpc) is 2.87. The smallest absolute Gasteiger partial charge is 0.269 e. The van der Waals surface area contributed by atoms with Gasteiger partial charge in [0.2, 0.25) is 0 Å². The molecule has 0 saturated heterocycles. The predicted octanol–water partition coefficient (Wildman–Crippen LogP) is 3.28. The van der Waals surface area contributed by atoms with Gasteiger partial charge in [-0.25, -0.2) is 9.38 Å². The van der Waals surface area contributed by atoms with Crippen LogP contribution in [0.2, 0.25) is 0 Å². The van der Waals surface area contributed by atoms with E-state index in [9.17, 15) is 14.0 Å². The number of benzene rings is 3. The number of carbonyl (C=O) groups is 2. The van der Waals surface area contributed by atoms with Crippen molar-refractivity contribution in [3.63, 3.8) is 0 Å². The minimum Gasteiger partial charge on any atom is -0.487 e. The fourth-order valence-electron chi connectivity index (χ4n) is 3.53. The lowest BCUT2D eigenvalue weighted by Crippen LogP contribution is -2.45. The van der Waals surface area contributed by atoms with Gasteiger partial charge in [0, 0.05) is 16.8 Å². The van der Waals surface area contributed by atoms with Crippen molar-refractivity contribution in [2.75, 3.05) is 12.0 Å². The predicted molar refractivity (Wildman–Crippen MR) is 133 cm³/mol. The number of fused-ring (bicyclic) bond motifs is 5. The zero-order valence-corrected chi connectivity index (χ0v) is 19.7. The summed E-state index contributed by atoms with van der Waals surface area (Å²) in [4.78, 5) is 29.9. The molecular weight excluding hydrogens is 465 g/mol. The molecule has 2 amide bonds. The molecule has 0 spiro atoms. The molecule has 5 rings (SSSR count). The number of rotatable bonds is 4. The van der Waals surface area contributed by atoms with E-state index < -0.39 is 23.7 Å². The Bertz CT molecular complexity index is 1290. The Kier molecular flexibility index (Phi) is 7.33. The summed E-state index contributed by atoms with van der Waals surface area (Å²) in [6.07, 6.45) is -0.112. The highest BCUT2D eigenvalue weighted by Gasteiger charge is 2.24. The third-order valence-electron chi connectivity index (χ3n) is 5.26. The van der Waals surface area contributed by atoms with Crippen molar-refractivity contribution in [1.29, 1.82) is 0 Å². The largest absolute Gasteiger partial charge is 0.487 e. The van der Waals surface area contributed by atoms with E-state index in [2.05, 4.69) is 21.2 Å². The lowest BCUT2D eigenvalue weighted by atomic mass is 10.0. The fraction of sp³-hybridized carbons (Fsp3) is 0.192. The van der Waals surface area contributed by atoms with Crippen LogP contribution in [0.3, 0.4) is 0 Å². The Hall–Kier alpha value is -4.60. The quantitative estimate of drug-likeness (QED) is 0.415. The number of hydrogen-bond acceptors (Lipinski definition) is 7. The third kappa shape index (κ3) is 5.90. The Morgan fingerprint density at radius 1 is 1.11 bits per heavy atom. The van der Waals surface area contributed by atoms with Crippen LogP contribution in [0, 0.1) is 5.82 Å². The highest BCUT2D eigenvalue weighted by Crippen LogP contribution is 2.33. The van der Waals surface area contributed by atoms with Crippen molar-refractivity contribution in [3.8, 4) is 11.5 Å². The SMILES string of the molecule is CC(C)Oc1ccc2cc1OC/N=C(/N)c1ccc(cc1)NC2C(=O)NNC(=O)c1cccc(F)c1. The minimum atomic E-state index is -0.932. The van der Waals surface area contributed by atoms with Crippen LogP contribution >= 0.6 is 0 Å². The number of nitrogens with one attached hydrogen (secondary N) is 3. The summed E-state index contributed by atoms with van der Waals surface area (Å²) in [5, 5.41) is 3.17. The molecule has 1 unspecified atom stereocenters. The first-order chi connectivity index (χ1) is 17.3. The van der Waals surface area contributed by atoms with Gasteiger partial charge in [-0.15, -0.1) is 0 Å². The number of halogens is 1. The van der Waals surface area contributed by atoms with Crippen molar-refractivity contribution < 1.29 is 23.5 Å². The Morgan fingerprint density at radius 2 is 1.89 bits per heavy atom. The van der Waals surface area contributed by atoms with Gasteiger partial charge in [0.05, 0.1) is 6.10 Å². The van der Waals surface area contributed by atoms with Crippen LogP contribution in [-0.2, 0) is 4.79 Å². The van der Waals surface area contributed by atoms with Gasteiger partial charge in [0.15, 0.2) is 18.2 Å². The molecule has 10 heteroatoms. The molecule has 2 aliphatic rings. The third-order valence-corrected chi connectivity index (χ3v) is 5.26. The zero-order chi connectivity index (χ0) is 25.7. The van der Waals surface area contributed by atoms with E-state index in [-0.39, 0.29) is 18.4 Å². The molecule has 0 aromatic heterocycles. The van der Waals surface area contributed by atoms with Gasteiger partial charge in [0.1, 0.15) is 17.7 Å². The summed E-state index contributed by atoms with van der Waals surface area (Å²) in [6.45, 7) is 3.72. The van der Waals surface area contributed by atoms with Gasteiger partial charge in [-0.3, -0.25) is 20.4 Å². The number of nitrogens with zero attached hydrogens (tertiary/aromatic N) is 1. The van der Waals surface area contributed by atoms with Gasteiger partial charge >= 0.3 is 0 Å². The van der Waals surface area contributed by atoms with E-state index >= 15 is 0 Å². The normalized spacial score (nSPS) is 16.2. The molecule has 0 aliphatic carbocycles. The summed E-state index contributed by atoms with van der Waals surface area (Å²) in [5.74, 6) is -0.612. The topological polar surface area (TPSA) is 127 Å².